The molecule has 1 aromatic carbocycles. The van der Waals surface area contributed by atoms with Gasteiger partial charge in [-0.2, -0.15) is 0 Å². The maximum atomic E-state index is 11.8. The smallest absolute Gasteiger partial charge is 0.273 e. The van der Waals surface area contributed by atoms with E-state index >= 15 is 0 Å². The van der Waals surface area contributed by atoms with E-state index in [4.69, 9.17) is 5.14 Å². The Kier molecular flexibility index (Phi) is 5.70. The van der Waals surface area contributed by atoms with Gasteiger partial charge in [0.25, 0.3) is 5.56 Å². The number of carbonyl (C=O) groups excluding carboxylic acids is 1. The molecule has 4 N–H and O–H groups in total. The molecule has 0 spiro atoms. The van der Waals surface area contributed by atoms with Crippen molar-refractivity contribution >= 4 is 27.7 Å². The van der Waals surface area contributed by atoms with Crippen LogP contribution in [0.2, 0.25) is 0 Å². The zero-order chi connectivity index (χ0) is 17.7. The molecule has 128 valence electrons. The number of H-pyrrole nitrogens is 1. The number of nitrogens with one attached hydrogen (secondary N) is 2. The van der Waals surface area contributed by atoms with Crippen molar-refractivity contribution in [1.82, 2.24) is 20.5 Å². The van der Waals surface area contributed by atoms with Crippen molar-refractivity contribution < 1.29 is 13.2 Å². The summed E-state index contributed by atoms with van der Waals surface area (Å²) < 4.78 is 22.3. The predicted octanol–water partition coefficient (Wildman–Crippen LogP) is -0.471. The third-order valence-corrected chi connectivity index (χ3v) is 4.71. The average molecular weight is 369 g/mol. The molecule has 2 rings (SSSR count). The number of thioether (sulfide) groups is 1. The molecule has 0 radical (unpaired) electrons. The highest BCUT2D eigenvalue weighted by molar-refractivity contribution is 7.99. The standard InChI is InChI=1S/C13H15N5O4S2/c1-8-12(20)16-13(18-17-8)23-7-11(19)15-6-9-2-4-10(5-3-9)24(14,21)22/h2-5H,6-7H2,1H3,(H,15,19)(H2,14,21,22)(H,16,18,20). The number of aromatic amines is 1. The van der Waals surface area contributed by atoms with E-state index in [1.165, 1.54) is 19.1 Å². The summed E-state index contributed by atoms with van der Waals surface area (Å²) in [7, 11) is -3.73. The molecule has 11 heteroatoms. The number of amides is 1. The van der Waals surface area contributed by atoms with Crippen LogP contribution in [0, 0.1) is 6.92 Å². The zero-order valence-corrected chi connectivity index (χ0v) is 14.3. The van der Waals surface area contributed by atoms with E-state index in [0.29, 0.717) is 0 Å². The van der Waals surface area contributed by atoms with Gasteiger partial charge in [-0.1, -0.05) is 23.9 Å². The number of hydrogen-bond donors (Lipinski definition) is 3. The quantitative estimate of drug-likeness (QED) is 0.583. The number of benzene rings is 1. The molecule has 1 heterocycles. The molecule has 0 bridgehead atoms. The van der Waals surface area contributed by atoms with Gasteiger partial charge in [0.05, 0.1) is 10.6 Å². The van der Waals surface area contributed by atoms with Gasteiger partial charge in [0.15, 0.2) is 5.16 Å². The van der Waals surface area contributed by atoms with Gasteiger partial charge < -0.3 is 5.32 Å². The first kappa shape index (κ1) is 18.1. The molecule has 0 aliphatic carbocycles. The van der Waals surface area contributed by atoms with Crippen molar-refractivity contribution in [3.05, 3.63) is 45.9 Å². The van der Waals surface area contributed by atoms with Gasteiger partial charge in [-0.15, -0.1) is 10.2 Å². The van der Waals surface area contributed by atoms with Crippen LogP contribution in [-0.2, 0) is 21.4 Å². The molecule has 9 nitrogen and oxygen atoms in total. The number of hydrogen-bond acceptors (Lipinski definition) is 7. The van der Waals surface area contributed by atoms with Crippen molar-refractivity contribution in [2.24, 2.45) is 5.14 Å². The molecule has 24 heavy (non-hydrogen) atoms. The monoisotopic (exact) mass is 369 g/mol. The molecule has 1 amide bonds. The minimum Gasteiger partial charge on any atom is -0.351 e. The number of aryl methyl sites for hydroxylation is 1. The molecule has 0 fully saturated rings. The minimum absolute atomic E-state index is 0.00929. The van der Waals surface area contributed by atoms with Gasteiger partial charge in [0.2, 0.25) is 15.9 Å². The summed E-state index contributed by atoms with van der Waals surface area (Å²) in [6, 6.07) is 5.88. The second kappa shape index (κ2) is 7.55. The highest BCUT2D eigenvalue weighted by Crippen LogP contribution is 2.10. The summed E-state index contributed by atoms with van der Waals surface area (Å²) in [5.74, 6) is -0.207. The van der Waals surface area contributed by atoms with Crippen LogP contribution in [0.1, 0.15) is 11.3 Å². The number of carbonyl (C=O) groups is 1. The van der Waals surface area contributed by atoms with Crippen molar-refractivity contribution in [1.29, 1.82) is 0 Å². The van der Waals surface area contributed by atoms with E-state index in [1.807, 2.05) is 0 Å². The van der Waals surface area contributed by atoms with Crippen molar-refractivity contribution in [3.63, 3.8) is 0 Å². The van der Waals surface area contributed by atoms with Crippen LogP contribution in [-0.4, -0.2) is 35.3 Å². The molecular formula is C13H15N5O4S2. The molecule has 0 saturated carbocycles. The Morgan fingerprint density at radius 1 is 1.29 bits per heavy atom. The van der Waals surface area contributed by atoms with Gasteiger partial charge in [0.1, 0.15) is 5.69 Å². The third-order valence-electron chi connectivity index (χ3n) is 2.92. The molecular weight excluding hydrogens is 354 g/mol. The lowest BCUT2D eigenvalue weighted by molar-refractivity contribution is -0.118. The molecule has 0 atom stereocenters. The Hall–Kier alpha value is -2.24. The normalized spacial score (nSPS) is 11.2. The summed E-state index contributed by atoms with van der Waals surface area (Å²) >= 11 is 1.06. The lowest BCUT2D eigenvalue weighted by Crippen LogP contribution is -2.25. The van der Waals surface area contributed by atoms with Crippen molar-refractivity contribution in [2.45, 2.75) is 23.5 Å². The van der Waals surface area contributed by atoms with Gasteiger partial charge in [-0.3, -0.25) is 14.6 Å². The SMILES string of the molecule is Cc1nnc(SCC(=O)NCc2ccc(S(N)(=O)=O)cc2)[nH]c1=O. The highest BCUT2D eigenvalue weighted by atomic mass is 32.2. The fraction of sp³-hybridized carbons (Fsp3) is 0.231. The van der Waals surface area contributed by atoms with Crippen molar-refractivity contribution in [2.75, 3.05) is 5.75 Å². The lowest BCUT2D eigenvalue weighted by Gasteiger charge is -2.06. The zero-order valence-electron chi connectivity index (χ0n) is 12.6. The number of nitrogens with two attached hydrogens (primary N) is 1. The largest absolute Gasteiger partial charge is 0.351 e. The first-order valence-electron chi connectivity index (χ1n) is 6.70. The number of sulfonamides is 1. The number of rotatable bonds is 6. The van der Waals surface area contributed by atoms with E-state index in [1.54, 1.807) is 12.1 Å². The van der Waals surface area contributed by atoms with Gasteiger partial charge >= 0.3 is 0 Å². The van der Waals surface area contributed by atoms with Gasteiger partial charge in [0, 0.05) is 6.54 Å². The van der Waals surface area contributed by atoms with Crippen LogP contribution in [0.25, 0.3) is 0 Å². The number of nitrogens with zero attached hydrogens (tertiary/aromatic N) is 2. The lowest BCUT2D eigenvalue weighted by atomic mass is 10.2. The van der Waals surface area contributed by atoms with Crippen LogP contribution < -0.4 is 16.0 Å². The number of primary sulfonamides is 1. The van der Waals surface area contributed by atoms with Gasteiger partial charge in [-0.05, 0) is 24.6 Å². The average Bonchev–Trinajstić information content (AvgIpc) is 2.53. The highest BCUT2D eigenvalue weighted by Gasteiger charge is 2.08. The Morgan fingerprint density at radius 3 is 2.54 bits per heavy atom. The predicted molar refractivity (Wildman–Crippen MR) is 87.8 cm³/mol. The third kappa shape index (κ3) is 5.15. The van der Waals surface area contributed by atoms with Crippen molar-refractivity contribution in [3.8, 4) is 0 Å². The van der Waals surface area contributed by atoms with Crippen LogP contribution in [0.4, 0.5) is 0 Å². The maximum absolute atomic E-state index is 11.8. The Morgan fingerprint density at radius 2 is 1.96 bits per heavy atom. The van der Waals surface area contributed by atoms with E-state index in [2.05, 4.69) is 20.5 Å². The molecule has 0 aliphatic rings. The molecule has 2 aromatic rings. The van der Waals surface area contributed by atoms with E-state index in [9.17, 15) is 18.0 Å². The maximum Gasteiger partial charge on any atom is 0.273 e. The minimum atomic E-state index is -3.73. The van der Waals surface area contributed by atoms with Crippen LogP contribution in [0.3, 0.4) is 0 Å². The van der Waals surface area contributed by atoms with Gasteiger partial charge in [-0.25, -0.2) is 13.6 Å². The Labute approximate surface area is 142 Å². The summed E-state index contributed by atoms with van der Waals surface area (Å²) in [4.78, 5) is 25.7. The summed E-state index contributed by atoms with van der Waals surface area (Å²) in [6.45, 7) is 1.77. The Balaban J connectivity index is 1.84. The summed E-state index contributed by atoms with van der Waals surface area (Å²) in [5, 5.41) is 15.4. The van der Waals surface area contributed by atoms with E-state index < -0.39 is 10.0 Å². The number of aromatic nitrogens is 3. The first-order valence-corrected chi connectivity index (χ1v) is 9.24. The second-order valence-corrected chi connectivity index (χ2v) is 7.32. The second-order valence-electron chi connectivity index (χ2n) is 4.80. The molecule has 0 aliphatic heterocycles. The summed E-state index contributed by atoms with van der Waals surface area (Å²) in [5.41, 5.74) is 0.638. The topological polar surface area (TPSA) is 148 Å². The first-order chi connectivity index (χ1) is 11.3. The van der Waals surface area contributed by atoms with E-state index in [0.717, 1.165) is 17.3 Å². The van der Waals surface area contributed by atoms with E-state index in [-0.39, 0.29) is 39.5 Å². The van der Waals surface area contributed by atoms with Crippen LogP contribution in [0.15, 0.2) is 39.1 Å². The molecule has 0 unspecified atom stereocenters. The fourth-order valence-corrected chi connectivity index (χ4v) is 2.77. The molecule has 1 aromatic heterocycles. The van der Waals surface area contributed by atoms with Crippen LogP contribution in [0.5, 0.6) is 0 Å². The Bertz CT molecular complexity index is 893. The molecule has 0 saturated heterocycles. The van der Waals surface area contributed by atoms with Crippen LogP contribution >= 0.6 is 11.8 Å². The summed E-state index contributed by atoms with van der Waals surface area (Å²) in [6.07, 6.45) is 0. The fourth-order valence-electron chi connectivity index (χ4n) is 1.63.